The summed E-state index contributed by atoms with van der Waals surface area (Å²) in [5, 5.41) is 0.501. The fourth-order valence-electron chi connectivity index (χ4n) is 2.54. The van der Waals surface area contributed by atoms with Crippen LogP contribution in [0.25, 0.3) is 10.2 Å². The van der Waals surface area contributed by atoms with Crippen molar-refractivity contribution in [3.05, 3.63) is 60.2 Å². The fraction of sp³-hybridized carbons (Fsp3) is 0.118. The van der Waals surface area contributed by atoms with E-state index in [0.717, 1.165) is 15.8 Å². The molecule has 0 aliphatic carbocycles. The summed E-state index contributed by atoms with van der Waals surface area (Å²) in [6, 6.07) is 17.9. The third-order valence-electron chi connectivity index (χ3n) is 3.66. The molecule has 1 aliphatic rings. The Morgan fingerprint density at radius 2 is 1.83 bits per heavy atom. The zero-order chi connectivity index (χ0) is 15.8. The van der Waals surface area contributed by atoms with Crippen LogP contribution in [0.3, 0.4) is 0 Å². The molecule has 0 saturated carbocycles. The van der Waals surface area contributed by atoms with Crippen molar-refractivity contribution in [2.24, 2.45) is 0 Å². The minimum absolute atomic E-state index is 0.0305. The van der Waals surface area contributed by atoms with E-state index in [2.05, 4.69) is 4.98 Å². The Labute approximate surface area is 147 Å². The first-order valence-corrected chi connectivity index (χ1v) is 9.27. The van der Waals surface area contributed by atoms with E-state index in [1.807, 2.05) is 54.6 Å². The van der Waals surface area contributed by atoms with Crippen LogP contribution >= 0.6 is 35.3 Å². The van der Waals surface area contributed by atoms with Gasteiger partial charge in [0.25, 0.3) is 0 Å². The highest BCUT2D eigenvalue weighted by Gasteiger charge is 2.39. The summed E-state index contributed by atoms with van der Waals surface area (Å²) in [5.41, 5.74) is 2.05. The number of hydrogen-bond donors (Lipinski definition) is 0. The second-order valence-electron chi connectivity index (χ2n) is 5.20. The Hall–Kier alpha value is -1.76. The number of nitrogens with zero attached hydrogens (tertiary/aromatic N) is 2. The molecule has 1 atom stereocenters. The smallest absolute Gasteiger partial charge is 0.248 e. The average Bonchev–Trinajstić information content (AvgIpc) is 3.09. The van der Waals surface area contributed by atoms with Gasteiger partial charge in [0.2, 0.25) is 5.91 Å². The van der Waals surface area contributed by atoms with Crippen LogP contribution in [0, 0.1) is 0 Å². The van der Waals surface area contributed by atoms with Crippen molar-refractivity contribution in [2.75, 3.05) is 4.90 Å². The van der Waals surface area contributed by atoms with Crippen molar-refractivity contribution in [2.45, 2.75) is 11.7 Å². The van der Waals surface area contributed by atoms with Gasteiger partial charge >= 0.3 is 0 Å². The number of carbonyl (C=O) groups excluding carboxylic acids is 1. The normalized spacial score (nSPS) is 18.1. The number of para-hydroxylation sites is 1. The van der Waals surface area contributed by atoms with Gasteiger partial charge in [0, 0.05) is 0 Å². The summed E-state index contributed by atoms with van der Waals surface area (Å²) in [6.45, 7) is 0. The molecular weight excluding hydrogens is 344 g/mol. The standard InChI is InChI=1S/C17H12N2OS3/c20-15-14(10-11-6-2-1-3-7-11)23-17(21)19(15)16-18-12-8-4-5-9-13(12)22-16/h1-9,14H,10H2. The van der Waals surface area contributed by atoms with Gasteiger partial charge in [-0.15, -0.1) is 0 Å². The fourth-order valence-corrected chi connectivity index (χ4v) is 5.17. The highest BCUT2D eigenvalue weighted by molar-refractivity contribution is 8.25. The van der Waals surface area contributed by atoms with Gasteiger partial charge in [-0.05, 0) is 24.1 Å². The number of aromatic nitrogens is 1. The highest BCUT2D eigenvalue weighted by atomic mass is 32.2. The molecule has 1 aromatic heterocycles. The maximum atomic E-state index is 12.8. The number of benzene rings is 2. The summed E-state index contributed by atoms with van der Waals surface area (Å²) in [6.07, 6.45) is 0.686. The van der Waals surface area contributed by atoms with Crippen LogP contribution < -0.4 is 4.90 Å². The van der Waals surface area contributed by atoms with Crippen molar-refractivity contribution in [1.29, 1.82) is 0 Å². The first-order chi connectivity index (χ1) is 11.2. The van der Waals surface area contributed by atoms with E-state index in [1.54, 1.807) is 4.90 Å². The molecule has 23 heavy (non-hydrogen) atoms. The molecule has 6 heteroatoms. The van der Waals surface area contributed by atoms with Crippen LogP contribution in [0.1, 0.15) is 5.56 Å². The minimum atomic E-state index is -0.170. The summed E-state index contributed by atoms with van der Waals surface area (Å²) in [4.78, 5) is 18.9. The largest absolute Gasteiger partial charge is 0.273 e. The predicted octanol–water partition coefficient (Wildman–Crippen LogP) is 4.27. The number of fused-ring (bicyclic) bond motifs is 1. The van der Waals surface area contributed by atoms with Crippen molar-refractivity contribution in [3.63, 3.8) is 0 Å². The maximum absolute atomic E-state index is 12.8. The summed E-state index contributed by atoms with van der Waals surface area (Å²) < 4.78 is 1.66. The Balaban J connectivity index is 1.62. The molecule has 4 rings (SSSR count). The number of thiocarbonyl (C=S) groups is 1. The van der Waals surface area contributed by atoms with Gasteiger partial charge in [0.15, 0.2) is 5.13 Å². The molecule has 0 spiro atoms. The molecule has 0 radical (unpaired) electrons. The second-order valence-corrected chi connectivity index (χ2v) is 8.05. The van der Waals surface area contributed by atoms with Crippen LogP contribution in [-0.2, 0) is 11.2 Å². The lowest BCUT2D eigenvalue weighted by Gasteiger charge is -2.11. The first kappa shape index (κ1) is 14.8. The molecule has 1 fully saturated rings. The quantitative estimate of drug-likeness (QED) is 0.656. The number of thioether (sulfide) groups is 1. The lowest BCUT2D eigenvalue weighted by atomic mass is 10.1. The van der Waals surface area contributed by atoms with E-state index in [0.29, 0.717) is 15.9 Å². The summed E-state index contributed by atoms with van der Waals surface area (Å²) in [7, 11) is 0. The van der Waals surface area contributed by atoms with Gasteiger partial charge in [0.1, 0.15) is 4.32 Å². The Kier molecular flexibility index (Phi) is 3.88. The topological polar surface area (TPSA) is 33.2 Å². The third-order valence-corrected chi connectivity index (χ3v) is 6.19. The molecule has 2 heterocycles. The van der Waals surface area contributed by atoms with Crippen molar-refractivity contribution in [3.8, 4) is 0 Å². The van der Waals surface area contributed by atoms with Crippen molar-refractivity contribution in [1.82, 2.24) is 4.98 Å². The monoisotopic (exact) mass is 356 g/mol. The first-order valence-electron chi connectivity index (χ1n) is 7.16. The van der Waals surface area contributed by atoms with Gasteiger partial charge in [-0.25, -0.2) is 9.88 Å². The van der Waals surface area contributed by atoms with E-state index in [1.165, 1.54) is 23.1 Å². The van der Waals surface area contributed by atoms with E-state index in [4.69, 9.17) is 12.2 Å². The molecule has 1 saturated heterocycles. The van der Waals surface area contributed by atoms with Crippen molar-refractivity contribution >= 4 is 60.9 Å². The van der Waals surface area contributed by atoms with Gasteiger partial charge < -0.3 is 0 Å². The summed E-state index contributed by atoms with van der Waals surface area (Å²) >= 11 is 8.39. The van der Waals surface area contributed by atoms with Gasteiger partial charge in [0.05, 0.1) is 15.5 Å². The lowest BCUT2D eigenvalue weighted by molar-refractivity contribution is -0.116. The molecule has 114 valence electrons. The molecule has 0 N–H and O–H groups in total. The molecule has 3 nitrogen and oxygen atoms in total. The number of carbonyl (C=O) groups is 1. The minimum Gasteiger partial charge on any atom is -0.273 e. The van der Waals surface area contributed by atoms with Crippen LogP contribution in [-0.4, -0.2) is 20.5 Å². The molecule has 3 aromatic rings. The zero-order valence-electron chi connectivity index (χ0n) is 12.0. The average molecular weight is 356 g/mol. The Morgan fingerprint density at radius 3 is 2.61 bits per heavy atom. The molecular formula is C17H12N2OS3. The van der Waals surface area contributed by atoms with Gasteiger partial charge in [-0.2, -0.15) is 0 Å². The SMILES string of the molecule is O=C1C(Cc2ccccc2)SC(=S)N1c1nc2ccccc2s1. The summed E-state index contributed by atoms with van der Waals surface area (Å²) in [5.74, 6) is 0.0305. The van der Waals surface area contributed by atoms with E-state index in [9.17, 15) is 4.79 Å². The number of hydrogen-bond acceptors (Lipinski definition) is 5. The number of anilines is 1. The maximum Gasteiger partial charge on any atom is 0.248 e. The predicted molar refractivity (Wildman–Crippen MR) is 101 cm³/mol. The van der Waals surface area contributed by atoms with Crippen LogP contribution in [0.4, 0.5) is 5.13 Å². The molecule has 1 unspecified atom stereocenters. The van der Waals surface area contributed by atoms with Gasteiger partial charge in [-0.1, -0.05) is 77.8 Å². The van der Waals surface area contributed by atoms with E-state index < -0.39 is 0 Å². The number of amides is 1. The third kappa shape index (κ3) is 2.78. The number of thiazole rings is 1. The van der Waals surface area contributed by atoms with Crippen LogP contribution in [0.15, 0.2) is 54.6 Å². The Bertz CT molecular complexity index is 858. The van der Waals surface area contributed by atoms with Crippen LogP contribution in [0.2, 0.25) is 0 Å². The molecule has 0 bridgehead atoms. The highest BCUT2D eigenvalue weighted by Crippen LogP contribution is 2.37. The molecule has 2 aromatic carbocycles. The van der Waals surface area contributed by atoms with E-state index in [-0.39, 0.29) is 11.2 Å². The van der Waals surface area contributed by atoms with E-state index >= 15 is 0 Å². The zero-order valence-corrected chi connectivity index (χ0v) is 14.5. The number of rotatable bonds is 3. The van der Waals surface area contributed by atoms with Crippen LogP contribution in [0.5, 0.6) is 0 Å². The molecule has 1 aliphatic heterocycles. The lowest BCUT2D eigenvalue weighted by Crippen LogP contribution is -2.31. The van der Waals surface area contributed by atoms with Crippen molar-refractivity contribution < 1.29 is 4.79 Å². The second kappa shape index (κ2) is 6.03. The Morgan fingerprint density at radius 1 is 1.09 bits per heavy atom. The molecule has 1 amide bonds. The van der Waals surface area contributed by atoms with Gasteiger partial charge in [-0.3, -0.25) is 4.79 Å².